The minimum absolute atomic E-state index is 0.765. The number of thiophene rings is 1. The maximum absolute atomic E-state index is 4.52. The van der Waals surface area contributed by atoms with Crippen LogP contribution in [0.5, 0.6) is 0 Å². The first-order valence-corrected chi connectivity index (χ1v) is 8.35. The molecule has 3 nitrogen and oxygen atoms in total. The minimum atomic E-state index is 0.765. The molecule has 0 spiro atoms. The minimum Gasteiger partial charge on any atom is -0.363 e. The number of pyridine rings is 1. The molecule has 2 heterocycles. The second-order valence-corrected chi connectivity index (χ2v) is 7.44. The molecule has 112 valence electrons. The van der Waals surface area contributed by atoms with Crippen molar-refractivity contribution < 1.29 is 0 Å². The molecular weight excluding hydrogens is 278 g/mol. The van der Waals surface area contributed by atoms with Crippen molar-refractivity contribution in [2.45, 2.75) is 38.9 Å². The van der Waals surface area contributed by atoms with E-state index in [2.05, 4.69) is 41.1 Å². The Morgan fingerprint density at radius 3 is 2.48 bits per heavy atom. The molecule has 21 heavy (non-hydrogen) atoms. The molecule has 2 aromatic rings. The Bertz CT molecular complexity index is 584. The predicted molar refractivity (Wildman–Crippen MR) is 89.9 cm³/mol. The van der Waals surface area contributed by atoms with E-state index in [4.69, 9.17) is 0 Å². The quantitative estimate of drug-likeness (QED) is 0.811. The van der Waals surface area contributed by atoms with Crippen molar-refractivity contribution in [2.24, 2.45) is 0 Å². The van der Waals surface area contributed by atoms with E-state index in [1.165, 1.54) is 28.2 Å². The highest BCUT2D eigenvalue weighted by atomic mass is 32.1. The Labute approximate surface area is 131 Å². The lowest BCUT2D eigenvalue weighted by Gasteiger charge is -2.21. The van der Waals surface area contributed by atoms with Gasteiger partial charge in [0.15, 0.2) is 0 Å². The summed E-state index contributed by atoms with van der Waals surface area (Å²) >= 11 is 1.91. The molecule has 3 rings (SSSR count). The second-order valence-electron chi connectivity index (χ2n) is 6.07. The molecule has 2 aromatic heterocycles. The van der Waals surface area contributed by atoms with Crippen molar-refractivity contribution in [1.29, 1.82) is 0 Å². The largest absolute Gasteiger partial charge is 0.363 e. The molecule has 0 atom stereocenters. The van der Waals surface area contributed by atoms with Gasteiger partial charge in [-0.2, -0.15) is 0 Å². The highest BCUT2D eigenvalue weighted by Gasteiger charge is 2.29. The molecule has 0 unspecified atom stereocenters. The van der Waals surface area contributed by atoms with Gasteiger partial charge in [-0.15, -0.1) is 11.3 Å². The Morgan fingerprint density at radius 1 is 1.14 bits per heavy atom. The second kappa shape index (κ2) is 6.16. The third kappa shape index (κ3) is 3.83. The first kappa shape index (κ1) is 14.5. The van der Waals surface area contributed by atoms with Crippen molar-refractivity contribution in [3.8, 4) is 0 Å². The van der Waals surface area contributed by atoms with Gasteiger partial charge in [0.25, 0.3) is 0 Å². The van der Waals surface area contributed by atoms with Crippen LogP contribution in [0, 0.1) is 6.92 Å². The van der Waals surface area contributed by atoms with Gasteiger partial charge in [0.1, 0.15) is 5.82 Å². The van der Waals surface area contributed by atoms with Crippen LogP contribution in [-0.2, 0) is 13.1 Å². The summed E-state index contributed by atoms with van der Waals surface area (Å²) in [6, 6.07) is 9.56. The van der Waals surface area contributed by atoms with Crippen LogP contribution in [0.25, 0.3) is 0 Å². The number of anilines is 1. The number of aryl methyl sites for hydroxylation is 1. The zero-order valence-electron chi connectivity index (χ0n) is 13.0. The van der Waals surface area contributed by atoms with Crippen LogP contribution in [0.4, 0.5) is 5.82 Å². The van der Waals surface area contributed by atoms with Crippen molar-refractivity contribution in [2.75, 3.05) is 19.0 Å². The van der Waals surface area contributed by atoms with Crippen LogP contribution in [0.3, 0.4) is 0 Å². The summed E-state index contributed by atoms with van der Waals surface area (Å²) in [5, 5.41) is 0. The summed E-state index contributed by atoms with van der Waals surface area (Å²) in [6.07, 6.45) is 4.70. The van der Waals surface area contributed by atoms with Gasteiger partial charge in [-0.3, -0.25) is 4.90 Å². The van der Waals surface area contributed by atoms with Crippen LogP contribution in [0.1, 0.15) is 28.2 Å². The molecule has 1 aliphatic carbocycles. The van der Waals surface area contributed by atoms with Crippen LogP contribution < -0.4 is 4.90 Å². The molecule has 0 N–H and O–H groups in total. The summed E-state index contributed by atoms with van der Waals surface area (Å²) in [5.74, 6) is 1.02. The molecule has 1 aliphatic rings. The maximum atomic E-state index is 4.52. The summed E-state index contributed by atoms with van der Waals surface area (Å²) in [5.41, 5.74) is 1.31. The van der Waals surface area contributed by atoms with Gasteiger partial charge in [0.05, 0.1) is 0 Å². The zero-order valence-corrected chi connectivity index (χ0v) is 13.9. The highest BCUT2D eigenvalue weighted by molar-refractivity contribution is 7.11. The molecule has 0 amide bonds. The molecule has 0 aliphatic heterocycles. The predicted octanol–water partition coefficient (Wildman–Crippen LogP) is 3.68. The van der Waals surface area contributed by atoms with Crippen molar-refractivity contribution in [3.63, 3.8) is 0 Å². The summed E-state index contributed by atoms with van der Waals surface area (Å²) in [7, 11) is 4.05. The van der Waals surface area contributed by atoms with Gasteiger partial charge in [-0.05, 0) is 43.5 Å². The van der Waals surface area contributed by atoms with Gasteiger partial charge in [0.2, 0.25) is 0 Å². The molecule has 0 radical (unpaired) electrons. The van der Waals surface area contributed by atoms with Gasteiger partial charge in [-0.1, -0.05) is 6.07 Å². The zero-order chi connectivity index (χ0) is 14.8. The normalized spacial score (nSPS) is 14.7. The van der Waals surface area contributed by atoms with Crippen LogP contribution in [0.15, 0.2) is 30.5 Å². The van der Waals surface area contributed by atoms with E-state index >= 15 is 0 Å². The third-order valence-corrected chi connectivity index (χ3v) is 4.86. The van der Waals surface area contributed by atoms with E-state index < -0.39 is 0 Å². The number of hydrogen-bond acceptors (Lipinski definition) is 4. The molecule has 1 fully saturated rings. The fourth-order valence-electron chi connectivity index (χ4n) is 2.53. The lowest BCUT2D eigenvalue weighted by Crippen LogP contribution is -2.24. The number of aromatic nitrogens is 1. The molecule has 0 bridgehead atoms. The first-order valence-electron chi connectivity index (χ1n) is 7.53. The number of nitrogens with zero attached hydrogens (tertiary/aromatic N) is 3. The van der Waals surface area contributed by atoms with Crippen molar-refractivity contribution >= 4 is 17.2 Å². The molecule has 0 saturated heterocycles. The fourth-order valence-corrected chi connectivity index (χ4v) is 3.45. The van der Waals surface area contributed by atoms with Crippen molar-refractivity contribution in [3.05, 3.63) is 45.8 Å². The summed E-state index contributed by atoms with van der Waals surface area (Å²) < 4.78 is 0. The van der Waals surface area contributed by atoms with Crippen LogP contribution in [0.2, 0.25) is 0 Å². The fraction of sp³-hybridized carbons (Fsp3) is 0.471. The van der Waals surface area contributed by atoms with Crippen LogP contribution in [-0.4, -0.2) is 30.0 Å². The molecule has 1 saturated carbocycles. The van der Waals surface area contributed by atoms with E-state index in [-0.39, 0.29) is 0 Å². The maximum Gasteiger partial charge on any atom is 0.127 e. The Morgan fingerprint density at radius 2 is 1.95 bits per heavy atom. The topological polar surface area (TPSA) is 19.4 Å². The van der Waals surface area contributed by atoms with Crippen molar-refractivity contribution in [1.82, 2.24) is 9.88 Å². The average molecular weight is 301 g/mol. The van der Waals surface area contributed by atoms with E-state index in [1.54, 1.807) is 0 Å². The van der Waals surface area contributed by atoms with E-state index in [0.717, 1.165) is 24.9 Å². The Hall–Kier alpha value is -1.39. The summed E-state index contributed by atoms with van der Waals surface area (Å²) in [4.78, 5) is 12.0. The molecule has 4 heteroatoms. The SMILES string of the molecule is Cc1ccc(CN(Cc2ccc(N(C)C)nc2)C2CC2)s1. The molecule has 0 aromatic carbocycles. The Balaban J connectivity index is 1.67. The van der Waals surface area contributed by atoms with Gasteiger partial charge >= 0.3 is 0 Å². The third-order valence-electron chi connectivity index (χ3n) is 3.87. The van der Waals surface area contributed by atoms with Gasteiger partial charge < -0.3 is 4.90 Å². The molecular formula is C17H23N3S. The van der Waals surface area contributed by atoms with Gasteiger partial charge in [0, 0.05) is 49.2 Å². The summed E-state index contributed by atoms with van der Waals surface area (Å²) in [6.45, 7) is 4.25. The number of rotatable bonds is 6. The van der Waals surface area contributed by atoms with E-state index in [9.17, 15) is 0 Å². The lowest BCUT2D eigenvalue weighted by atomic mass is 10.2. The first-order chi connectivity index (χ1) is 10.1. The standard InChI is InChI=1S/C17H23N3S/c1-13-4-8-16(21-13)12-20(15-6-7-15)11-14-5-9-17(18-10-14)19(2)3/h4-5,8-10,15H,6-7,11-12H2,1-3H3. The monoisotopic (exact) mass is 301 g/mol. The number of hydrogen-bond donors (Lipinski definition) is 0. The Kier molecular flexibility index (Phi) is 4.27. The smallest absolute Gasteiger partial charge is 0.127 e. The highest BCUT2D eigenvalue weighted by Crippen LogP contribution is 2.31. The van der Waals surface area contributed by atoms with E-state index in [1.807, 2.05) is 36.5 Å². The van der Waals surface area contributed by atoms with E-state index in [0.29, 0.717) is 0 Å². The van der Waals surface area contributed by atoms with Crippen LogP contribution >= 0.6 is 11.3 Å². The average Bonchev–Trinajstić information content (AvgIpc) is 3.23. The lowest BCUT2D eigenvalue weighted by molar-refractivity contribution is 0.248. The van der Waals surface area contributed by atoms with Gasteiger partial charge in [-0.25, -0.2) is 4.98 Å².